The van der Waals surface area contributed by atoms with E-state index in [1.165, 1.54) is 5.54 Å². The van der Waals surface area contributed by atoms with Crippen LogP contribution in [0.1, 0.15) is 11.7 Å². The van der Waals surface area contributed by atoms with Gasteiger partial charge in [0.2, 0.25) is 5.89 Å². The molecule has 0 fully saturated rings. The summed E-state index contributed by atoms with van der Waals surface area (Å²) in [6.07, 6.45) is 0.712. The molecule has 78 valence electrons. The standard InChI is InChI=1S/C8H11Cl2N3O/c1-6-12-8(13-14-6)2-3-11-5-7(10)4-9/h4,11H,2-3,5H2,1H3. The Morgan fingerprint density at radius 3 is 3.00 bits per heavy atom. The third kappa shape index (κ3) is 4.09. The van der Waals surface area contributed by atoms with Crippen molar-refractivity contribution >= 4 is 23.2 Å². The molecule has 0 unspecified atom stereocenters. The van der Waals surface area contributed by atoms with Crippen LogP contribution in [0.4, 0.5) is 0 Å². The van der Waals surface area contributed by atoms with Crippen molar-refractivity contribution in [2.45, 2.75) is 13.3 Å². The van der Waals surface area contributed by atoms with E-state index in [0.29, 0.717) is 29.7 Å². The third-order valence-electron chi connectivity index (χ3n) is 1.51. The van der Waals surface area contributed by atoms with Gasteiger partial charge in [-0.05, 0) is 0 Å². The number of nitrogens with one attached hydrogen (secondary N) is 1. The summed E-state index contributed by atoms with van der Waals surface area (Å²) >= 11 is 11.0. The summed E-state index contributed by atoms with van der Waals surface area (Å²) < 4.78 is 4.82. The zero-order chi connectivity index (χ0) is 10.4. The van der Waals surface area contributed by atoms with Crippen LogP contribution < -0.4 is 5.32 Å². The summed E-state index contributed by atoms with van der Waals surface area (Å²) in [4.78, 5) is 4.06. The van der Waals surface area contributed by atoms with Gasteiger partial charge >= 0.3 is 0 Å². The van der Waals surface area contributed by atoms with E-state index in [1.807, 2.05) is 0 Å². The Hall–Kier alpha value is -0.580. The second-order valence-electron chi connectivity index (χ2n) is 2.71. The van der Waals surface area contributed by atoms with Crippen LogP contribution >= 0.6 is 23.2 Å². The fraction of sp³-hybridized carbons (Fsp3) is 0.500. The van der Waals surface area contributed by atoms with Gasteiger partial charge in [-0.15, -0.1) is 0 Å². The molecule has 0 aliphatic rings. The van der Waals surface area contributed by atoms with Crippen molar-refractivity contribution in [1.29, 1.82) is 0 Å². The monoisotopic (exact) mass is 235 g/mol. The molecule has 1 aromatic heterocycles. The molecule has 6 heteroatoms. The van der Waals surface area contributed by atoms with Gasteiger partial charge in [0, 0.05) is 37.0 Å². The zero-order valence-corrected chi connectivity index (χ0v) is 9.27. The summed E-state index contributed by atoms with van der Waals surface area (Å²) in [6.45, 7) is 3.05. The average molecular weight is 236 g/mol. The molecule has 14 heavy (non-hydrogen) atoms. The molecular weight excluding hydrogens is 225 g/mol. The fourth-order valence-corrected chi connectivity index (χ4v) is 1.06. The van der Waals surface area contributed by atoms with Crippen LogP contribution in [0, 0.1) is 6.92 Å². The highest BCUT2D eigenvalue weighted by atomic mass is 35.5. The number of aromatic nitrogens is 2. The number of halogens is 2. The Bertz CT molecular complexity index is 311. The van der Waals surface area contributed by atoms with E-state index in [-0.39, 0.29) is 0 Å². The van der Waals surface area contributed by atoms with E-state index in [1.54, 1.807) is 6.92 Å². The Labute approximate surface area is 92.3 Å². The molecule has 1 aromatic rings. The number of hydrogen-bond acceptors (Lipinski definition) is 4. The fourth-order valence-electron chi connectivity index (χ4n) is 0.889. The Kier molecular flexibility index (Phi) is 4.93. The number of aryl methyl sites for hydroxylation is 1. The molecule has 0 radical (unpaired) electrons. The number of rotatable bonds is 5. The third-order valence-corrected chi connectivity index (χ3v) is 2.13. The maximum absolute atomic E-state index is 5.67. The quantitative estimate of drug-likeness (QED) is 0.792. The smallest absolute Gasteiger partial charge is 0.223 e. The van der Waals surface area contributed by atoms with E-state index in [0.717, 1.165) is 6.54 Å². The molecule has 1 rings (SSSR count). The molecule has 0 spiro atoms. The molecular formula is C8H11Cl2N3O. The largest absolute Gasteiger partial charge is 0.340 e. The minimum absolute atomic E-state index is 0.557. The summed E-state index contributed by atoms with van der Waals surface area (Å²) in [7, 11) is 0. The molecule has 4 nitrogen and oxygen atoms in total. The molecule has 0 atom stereocenters. The van der Waals surface area contributed by atoms with Crippen LogP contribution in [-0.4, -0.2) is 23.2 Å². The van der Waals surface area contributed by atoms with Gasteiger partial charge in [0.15, 0.2) is 5.82 Å². The lowest BCUT2D eigenvalue weighted by Crippen LogP contribution is -2.19. The topological polar surface area (TPSA) is 51.0 Å². The van der Waals surface area contributed by atoms with Gasteiger partial charge < -0.3 is 9.84 Å². The summed E-state index contributed by atoms with van der Waals surface area (Å²) in [5, 5.41) is 7.42. The maximum atomic E-state index is 5.67. The molecule has 0 amide bonds. The second-order valence-corrected chi connectivity index (χ2v) is 3.42. The molecule has 1 N–H and O–H groups in total. The van der Waals surface area contributed by atoms with E-state index >= 15 is 0 Å². The Balaban J connectivity index is 2.16. The highest BCUT2D eigenvalue weighted by Gasteiger charge is 2.00. The van der Waals surface area contributed by atoms with Crippen molar-refractivity contribution in [3.8, 4) is 0 Å². The van der Waals surface area contributed by atoms with Crippen molar-refractivity contribution < 1.29 is 4.52 Å². The first-order chi connectivity index (χ1) is 6.72. The molecule has 0 aromatic carbocycles. The Morgan fingerprint density at radius 1 is 1.64 bits per heavy atom. The molecule has 0 saturated heterocycles. The van der Waals surface area contributed by atoms with Crippen LogP contribution in [0.25, 0.3) is 0 Å². The molecule has 0 bridgehead atoms. The van der Waals surface area contributed by atoms with Crippen LogP contribution in [0.5, 0.6) is 0 Å². The number of nitrogens with zero attached hydrogens (tertiary/aromatic N) is 2. The van der Waals surface area contributed by atoms with Gasteiger partial charge in [-0.1, -0.05) is 28.4 Å². The molecule has 0 saturated carbocycles. The Morgan fingerprint density at radius 2 is 2.43 bits per heavy atom. The zero-order valence-electron chi connectivity index (χ0n) is 7.76. The summed E-state index contributed by atoms with van der Waals surface area (Å²) in [5.74, 6) is 1.28. The minimum atomic E-state index is 0.557. The first kappa shape index (κ1) is 11.5. The van der Waals surface area contributed by atoms with E-state index in [2.05, 4.69) is 15.5 Å². The van der Waals surface area contributed by atoms with E-state index in [9.17, 15) is 0 Å². The normalized spacial score (nSPS) is 12.1. The van der Waals surface area contributed by atoms with Crippen molar-refractivity contribution in [1.82, 2.24) is 15.5 Å². The average Bonchev–Trinajstić information content (AvgIpc) is 2.58. The van der Waals surface area contributed by atoms with Crippen LogP contribution in [0.15, 0.2) is 15.1 Å². The lowest BCUT2D eigenvalue weighted by molar-refractivity contribution is 0.387. The molecule has 0 aliphatic carbocycles. The second kappa shape index (κ2) is 6.01. The van der Waals surface area contributed by atoms with Gasteiger partial charge in [-0.25, -0.2) is 0 Å². The van der Waals surface area contributed by atoms with Crippen molar-refractivity contribution in [2.75, 3.05) is 13.1 Å². The van der Waals surface area contributed by atoms with E-state index in [4.69, 9.17) is 27.7 Å². The lowest BCUT2D eigenvalue weighted by Gasteiger charge is -1.99. The molecule has 0 aliphatic heterocycles. The van der Waals surface area contributed by atoms with Gasteiger partial charge in [0.1, 0.15) is 0 Å². The van der Waals surface area contributed by atoms with Gasteiger partial charge in [-0.3, -0.25) is 0 Å². The van der Waals surface area contributed by atoms with Gasteiger partial charge in [-0.2, -0.15) is 4.98 Å². The number of hydrogen-bond donors (Lipinski definition) is 1. The van der Waals surface area contributed by atoms with Crippen LogP contribution in [0.3, 0.4) is 0 Å². The summed E-state index contributed by atoms with van der Waals surface area (Å²) in [5.41, 5.74) is 1.34. The van der Waals surface area contributed by atoms with Crippen molar-refractivity contribution in [3.63, 3.8) is 0 Å². The maximum Gasteiger partial charge on any atom is 0.223 e. The van der Waals surface area contributed by atoms with Crippen molar-refractivity contribution in [3.05, 3.63) is 22.3 Å². The van der Waals surface area contributed by atoms with E-state index < -0.39 is 0 Å². The van der Waals surface area contributed by atoms with Gasteiger partial charge in [0.25, 0.3) is 0 Å². The first-order valence-corrected chi connectivity index (χ1v) is 4.98. The highest BCUT2D eigenvalue weighted by Crippen LogP contribution is 2.00. The lowest BCUT2D eigenvalue weighted by atomic mass is 10.4. The summed E-state index contributed by atoms with van der Waals surface area (Å²) in [6, 6.07) is 0. The predicted octanol–water partition coefficient (Wildman–Crippen LogP) is 1.83. The predicted molar refractivity (Wildman–Crippen MR) is 55.4 cm³/mol. The first-order valence-electron chi connectivity index (χ1n) is 4.17. The van der Waals surface area contributed by atoms with Gasteiger partial charge in [0.05, 0.1) is 0 Å². The van der Waals surface area contributed by atoms with Crippen molar-refractivity contribution in [2.24, 2.45) is 0 Å². The van der Waals surface area contributed by atoms with Crippen LogP contribution in [0.2, 0.25) is 0 Å². The SMILES string of the molecule is Cc1nc(CCNCC(Cl)=CCl)no1. The minimum Gasteiger partial charge on any atom is -0.340 e. The molecule has 1 heterocycles. The van der Waals surface area contributed by atoms with Crippen LogP contribution in [-0.2, 0) is 6.42 Å². The highest BCUT2D eigenvalue weighted by molar-refractivity contribution is 6.36.